The van der Waals surface area contributed by atoms with Gasteiger partial charge in [0.25, 0.3) is 0 Å². The Morgan fingerprint density at radius 1 is 1.25 bits per heavy atom. The van der Waals surface area contributed by atoms with Crippen LogP contribution in [0.4, 0.5) is 5.82 Å². The van der Waals surface area contributed by atoms with Gasteiger partial charge in [0.1, 0.15) is 17.4 Å². The van der Waals surface area contributed by atoms with Crippen LogP contribution in [-0.4, -0.2) is 21.7 Å². The number of nitrogens with two attached hydrogens (primary N) is 1. The molecule has 1 aromatic carbocycles. The topological polar surface area (TPSA) is 89.2 Å². The van der Waals surface area contributed by atoms with E-state index < -0.39 is 0 Å². The summed E-state index contributed by atoms with van der Waals surface area (Å²) in [6.45, 7) is 0. The average Bonchev–Trinajstić information content (AvgIpc) is 2.81. The van der Waals surface area contributed by atoms with E-state index in [4.69, 9.17) is 15.7 Å². The van der Waals surface area contributed by atoms with Crippen molar-refractivity contribution in [3.8, 4) is 22.9 Å². The third-order valence-electron chi connectivity index (χ3n) is 3.03. The summed E-state index contributed by atoms with van der Waals surface area (Å²) in [5, 5.41) is 13.1. The molecule has 0 aliphatic heterocycles. The SMILES string of the molecule is COc1ccc(-c2cnc3c(C#N)c(N)nn3c2)cc1. The first-order chi connectivity index (χ1) is 9.72. The molecule has 6 heteroatoms. The van der Waals surface area contributed by atoms with Gasteiger partial charge >= 0.3 is 0 Å². The number of rotatable bonds is 2. The molecule has 0 saturated carbocycles. The molecule has 0 atom stereocenters. The summed E-state index contributed by atoms with van der Waals surface area (Å²) >= 11 is 0. The molecule has 0 unspecified atom stereocenters. The second-order valence-corrected chi connectivity index (χ2v) is 4.21. The fraction of sp³-hybridized carbons (Fsp3) is 0.0714. The highest BCUT2D eigenvalue weighted by Crippen LogP contribution is 2.23. The Morgan fingerprint density at radius 3 is 2.65 bits per heavy atom. The molecule has 20 heavy (non-hydrogen) atoms. The number of aromatic nitrogens is 3. The van der Waals surface area contributed by atoms with Gasteiger partial charge in [-0.15, -0.1) is 5.10 Å². The van der Waals surface area contributed by atoms with Gasteiger partial charge in [0.15, 0.2) is 11.5 Å². The second kappa shape index (κ2) is 4.55. The highest BCUT2D eigenvalue weighted by molar-refractivity contribution is 5.69. The van der Waals surface area contributed by atoms with Crippen molar-refractivity contribution in [2.45, 2.75) is 0 Å². The molecule has 98 valence electrons. The van der Waals surface area contributed by atoms with Crippen LogP contribution in [0.5, 0.6) is 5.75 Å². The normalized spacial score (nSPS) is 10.4. The molecule has 3 aromatic rings. The highest BCUT2D eigenvalue weighted by atomic mass is 16.5. The van der Waals surface area contributed by atoms with Crippen molar-refractivity contribution < 1.29 is 4.74 Å². The lowest BCUT2D eigenvalue weighted by molar-refractivity contribution is 0.415. The molecular formula is C14H11N5O. The van der Waals surface area contributed by atoms with Gasteiger partial charge in [-0.3, -0.25) is 0 Å². The number of hydrogen-bond acceptors (Lipinski definition) is 5. The Labute approximate surface area is 115 Å². The Bertz CT molecular complexity index is 814. The minimum absolute atomic E-state index is 0.187. The summed E-state index contributed by atoms with van der Waals surface area (Å²) in [7, 11) is 1.62. The van der Waals surface area contributed by atoms with E-state index in [1.54, 1.807) is 19.5 Å². The van der Waals surface area contributed by atoms with Crippen LogP contribution in [0.3, 0.4) is 0 Å². The minimum atomic E-state index is 0.187. The Hall–Kier alpha value is -3.07. The third-order valence-corrected chi connectivity index (χ3v) is 3.03. The maximum Gasteiger partial charge on any atom is 0.175 e. The zero-order valence-corrected chi connectivity index (χ0v) is 10.7. The molecule has 2 N–H and O–H groups in total. The van der Waals surface area contributed by atoms with Crippen molar-refractivity contribution >= 4 is 11.5 Å². The van der Waals surface area contributed by atoms with Crippen molar-refractivity contribution in [2.75, 3.05) is 12.8 Å². The van der Waals surface area contributed by atoms with Crippen LogP contribution in [0.2, 0.25) is 0 Å². The summed E-state index contributed by atoms with van der Waals surface area (Å²) in [5.74, 6) is 0.977. The number of methoxy groups -OCH3 is 1. The molecule has 2 aromatic heterocycles. The summed E-state index contributed by atoms with van der Waals surface area (Å²) in [6.07, 6.45) is 3.49. The highest BCUT2D eigenvalue weighted by Gasteiger charge is 2.11. The molecule has 0 fully saturated rings. The molecule has 0 spiro atoms. The number of ether oxygens (including phenoxy) is 1. The molecule has 0 aliphatic rings. The quantitative estimate of drug-likeness (QED) is 0.763. The third kappa shape index (κ3) is 1.82. The fourth-order valence-corrected chi connectivity index (χ4v) is 1.99. The van der Waals surface area contributed by atoms with Gasteiger partial charge in [-0.25, -0.2) is 9.50 Å². The molecule has 0 amide bonds. The Balaban J connectivity index is 2.11. The van der Waals surface area contributed by atoms with Gasteiger partial charge in [0.05, 0.1) is 7.11 Å². The zero-order chi connectivity index (χ0) is 14.1. The Morgan fingerprint density at radius 2 is 2.00 bits per heavy atom. The first-order valence-corrected chi connectivity index (χ1v) is 5.91. The van der Waals surface area contributed by atoms with Gasteiger partial charge in [-0.05, 0) is 17.7 Å². The minimum Gasteiger partial charge on any atom is -0.497 e. The van der Waals surface area contributed by atoms with Crippen LogP contribution in [0.15, 0.2) is 36.7 Å². The summed E-state index contributed by atoms with van der Waals surface area (Å²) in [4.78, 5) is 4.26. The summed E-state index contributed by atoms with van der Waals surface area (Å²) < 4.78 is 6.64. The standard InChI is InChI=1S/C14H11N5O/c1-20-11-4-2-9(3-5-11)10-7-17-14-12(6-15)13(16)18-19(14)8-10/h2-5,7-8H,1H3,(H2,16,18). The van der Waals surface area contributed by atoms with E-state index in [0.717, 1.165) is 16.9 Å². The maximum absolute atomic E-state index is 9.01. The maximum atomic E-state index is 9.01. The number of fused-ring (bicyclic) bond motifs is 1. The van der Waals surface area contributed by atoms with Crippen LogP contribution in [0, 0.1) is 11.3 Å². The summed E-state index contributed by atoms with van der Waals surface area (Å²) in [5.41, 5.74) is 8.30. The van der Waals surface area contributed by atoms with Crippen LogP contribution >= 0.6 is 0 Å². The van der Waals surface area contributed by atoms with E-state index in [1.165, 1.54) is 4.52 Å². The van der Waals surface area contributed by atoms with E-state index in [1.807, 2.05) is 30.3 Å². The Kier molecular flexibility index (Phi) is 2.73. The van der Waals surface area contributed by atoms with Crippen LogP contribution in [0.25, 0.3) is 16.8 Å². The van der Waals surface area contributed by atoms with E-state index in [2.05, 4.69) is 10.1 Å². The average molecular weight is 265 g/mol. The number of anilines is 1. The number of nitrogens with zero attached hydrogens (tertiary/aromatic N) is 4. The van der Waals surface area contributed by atoms with E-state index in [0.29, 0.717) is 11.2 Å². The van der Waals surface area contributed by atoms with Crippen molar-refractivity contribution in [2.24, 2.45) is 0 Å². The van der Waals surface area contributed by atoms with E-state index in [-0.39, 0.29) is 5.82 Å². The molecular weight excluding hydrogens is 254 g/mol. The van der Waals surface area contributed by atoms with Gasteiger partial charge in [-0.1, -0.05) is 12.1 Å². The second-order valence-electron chi connectivity index (χ2n) is 4.21. The first kappa shape index (κ1) is 12.0. The first-order valence-electron chi connectivity index (χ1n) is 5.91. The van der Waals surface area contributed by atoms with E-state index in [9.17, 15) is 0 Å². The van der Waals surface area contributed by atoms with Gasteiger partial charge in [-0.2, -0.15) is 5.26 Å². The lowest BCUT2D eigenvalue weighted by atomic mass is 10.1. The van der Waals surface area contributed by atoms with Gasteiger partial charge < -0.3 is 10.5 Å². The smallest absolute Gasteiger partial charge is 0.175 e. The van der Waals surface area contributed by atoms with Crippen LogP contribution in [-0.2, 0) is 0 Å². The van der Waals surface area contributed by atoms with Crippen molar-refractivity contribution in [1.29, 1.82) is 5.26 Å². The zero-order valence-electron chi connectivity index (χ0n) is 10.7. The lowest BCUT2D eigenvalue weighted by Crippen LogP contribution is -1.92. The molecule has 3 rings (SSSR count). The largest absolute Gasteiger partial charge is 0.497 e. The van der Waals surface area contributed by atoms with E-state index >= 15 is 0 Å². The number of nitrogen functional groups attached to an aromatic ring is 1. The molecule has 0 bridgehead atoms. The number of hydrogen-bond donors (Lipinski definition) is 1. The van der Waals surface area contributed by atoms with Crippen molar-refractivity contribution in [1.82, 2.24) is 14.6 Å². The molecule has 6 nitrogen and oxygen atoms in total. The molecule has 2 heterocycles. The van der Waals surface area contributed by atoms with Crippen molar-refractivity contribution in [3.63, 3.8) is 0 Å². The molecule has 0 saturated heterocycles. The van der Waals surface area contributed by atoms with Crippen LogP contribution < -0.4 is 10.5 Å². The predicted molar refractivity (Wildman–Crippen MR) is 74.1 cm³/mol. The van der Waals surface area contributed by atoms with Gasteiger partial charge in [0, 0.05) is 18.0 Å². The monoisotopic (exact) mass is 265 g/mol. The van der Waals surface area contributed by atoms with Crippen LogP contribution in [0.1, 0.15) is 5.56 Å². The molecule has 0 aliphatic carbocycles. The van der Waals surface area contributed by atoms with Gasteiger partial charge in [0.2, 0.25) is 0 Å². The predicted octanol–water partition coefficient (Wildman–Crippen LogP) is 1.86. The van der Waals surface area contributed by atoms with Crippen molar-refractivity contribution in [3.05, 3.63) is 42.2 Å². The fourth-order valence-electron chi connectivity index (χ4n) is 1.99. The molecule has 0 radical (unpaired) electrons. The lowest BCUT2D eigenvalue weighted by Gasteiger charge is -2.03. The number of benzene rings is 1. The number of nitriles is 1. The summed E-state index contributed by atoms with van der Waals surface area (Å²) in [6, 6.07) is 9.61.